The third-order valence-electron chi connectivity index (χ3n) is 2.75. The molecule has 0 aromatic rings. The summed E-state index contributed by atoms with van der Waals surface area (Å²) in [5, 5.41) is 3.29. The van der Waals surface area contributed by atoms with Gasteiger partial charge in [0.05, 0.1) is 0 Å². The Bertz CT molecular complexity index is 216. The second-order valence-corrected chi connectivity index (χ2v) is 4.20. The molecule has 1 fully saturated rings. The molecule has 0 radical (unpaired) electrons. The zero-order chi connectivity index (χ0) is 11.8. The fourth-order valence-electron chi connectivity index (χ4n) is 1.56. The maximum Gasteiger partial charge on any atom is 0.205 e. The second-order valence-electron chi connectivity index (χ2n) is 4.20. The third kappa shape index (κ3) is 5.32. The molecule has 0 aromatic heterocycles. The Labute approximate surface area is 97.8 Å². The number of hydrogen-bond acceptors (Lipinski definition) is 3. The summed E-state index contributed by atoms with van der Waals surface area (Å²) in [4.78, 5) is 4.35. The zero-order valence-electron chi connectivity index (χ0n) is 10.3. The summed E-state index contributed by atoms with van der Waals surface area (Å²) in [6, 6.07) is 0.460. The molecule has 16 heavy (non-hydrogen) atoms. The lowest BCUT2D eigenvalue weighted by Crippen LogP contribution is -2.46. The third-order valence-corrected chi connectivity index (χ3v) is 2.75. The summed E-state index contributed by atoms with van der Waals surface area (Å²) >= 11 is 0. The first-order valence-corrected chi connectivity index (χ1v) is 6.13. The molecule has 0 aromatic carbocycles. The minimum absolute atomic E-state index is 0.460. The van der Waals surface area contributed by atoms with Crippen LogP contribution in [0.2, 0.25) is 0 Å². The van der Waals surface area contributed by atoms with E-state index in [1.165, 1.54) is 12.8 Å². The van der Waals surface area contributed by atoms with Crippen LogP contribution in [0, 0.1) is 5.92 Å². The van der Waals surface area contributed by atoms with Gasteiger partial charge in [0.25, 0.3) is 0 Å². The highest BCUT2D eigenvalue weighted by Crippen LogP contribution is 2.32. The lowest BCUT2D eigenvalue weighted by atomic mass is 10.2. The van der Waals surface area contributed by atoms with Crippen LogP contribution in [0.1, 0.15) is 33.1 Å². The molecule has 1 rings (SSSR count). The molecular formula is C11H24N4O. The Morgan fingerprint density at radius 2 is 2.31 bits per heavy atom. The van der Waals surface area contributed by atoms with Gasteiger partial charge in [-0.2, -0.15) is 0 Å². The van der Waals surface area contributed by atoms with Crippen LogP contribution < -0.4 is 16.6 Å². The molecule has 0 heterocycles. The maximum atomic E-state index is 5.41. The molecule has 94 valence electrons. The van der Waals surface area contributed by atoms with Gasteiger partial charge >= 0.3 is 0 Å². The van der Waals surface area contributed by atoms with Gasteiger partial charge < -0.3 is 10.1 Å². The number of aliphatic imine (C=N–C) groups is 1. The SMILES string of the molecule is CCOCCCN=C(NN)NC(C)C1CC1. The predicted molar refractivity (Wildman–Crippen MR) is 66.1 cm³/mol. The number of ether oxygens (including phenoxy) is 1. The van der Waals surface area contributed by atoms with Gasteiger partial charge in [-0.15, -0.1) is 0 Å². The molecule has 4 N–H and O–H groups in total. The van der Waals surface area contributed by atoms with Crippen LogP contribution in [-0.2, 0) is 4.74 Å². The number of nitrogens with zero attached hydrogens (tertiary/aromatic N) is 1. The summed E-state index contributed by atoms with van der Waals surface area (Å²) in [6.45, 7) is 6.43. The lowest BCUT2D eigenvalue weighted by molar-refractivity contribution is 0.146. The van der Waals surface area contributed by atoms with Crippen molar-refractivity contribution < 1.29 is 4.74 Å². The molecule has 1 unspecified atom stereocenters. The topological polar surface area (TPSA) is 71.7 Å². The summed E-state index contributed by atoms with van der Waals surface area (Å²) < 4.78 is 5.24. The van der Waals surface area contributed by atoms with Crippen LogP contribution in [0.4, 0.5) is 0 Å². The fourth-order valence-corrected chi connectivity index (χ4v) is 1.56. The average molecular weight is 228 g/mol. The Morgan fingerprint density at radius 3 is 2.88 bits per heavy atom. The van der Waals surface area contributed by atoms with Crippen molar-refractivity contribution in [3.8, 4) is 0 Å². The van der Waals surface area contributed by atoms with E-state index in [4.69, 9.17) is 10.6 Å². The largest absolute Gasteiger partial charge is 0.382 e. The van der Waals surface area contributed by atoms with Crippen molar-refractivity contribution in [2.75, 3.05) is 19.8 Å². The summed E-state index contributed by atoms with van der Waals surface area (Å²) in [6.07, 6.45) is 3.56. The van der Waals surface area contributed by atoms with Crippen molar-refractivity contribution in [1.29, 1.82) is 0 Å². The van der Waals surface area contributed by atoms with E-state index in [-0.39, 0.29) is 0 Å². The zero-order valence-corrected chi connectivity index (χ0v) is 10.3. The molecule has 0 spiro atoms. The number of guanidine groups is 1. The summed E-state index contributed by atoms with van der Waals surface area (Å²) in [5.41, 5.74) is 2.60. The number of nitrogens with one attached hydrogen (secondary N) is 2. The van der Waals surface area contributed by atoms with Crippen molar-refractivity contribution in [2.45, 2.75) is 39.2 Å². The van der Waals surface area contributed by atoms with E-state index >= 15 is 0 Å². The highest BCUT2D eigenvalue weighted by atomic mass is 16.5. The molecule has 0 saturated heterocycles. The molecule has 0 aliphatic heterocycles. The summed E-state index contributed by atoms with van der Waals surface area (Å²) in [7, 11) is 0. The molecule has 0 amide bonds. The highest BCUT2D eigenvalue weighted by molar-refractivity contribution is 5.79. The smallest absolute Gasteiger partial charge is 0.205 e. The number of rotatable bonds is 7. The Hall–Kier alpha value is -0.810. The minimum Gasteiger partial charge on any atom is -0.382 e. The van der Waals surface area contributed by atoms with E-state index in [1.54, 1.807) is 0 Å². The van der Waals surface area contributed by atoms with E-state index in [9.17, 15) is 0 Å². The van der Waals surface area contributed by atoms with E-state index in [1.807, 2.05) is 6.92 Å². The second kappa shape index (κ2) is 7.46. The quantitative estimate of drug-likeness (QED) is 0.196. The minimum atomic E-state index is 0.460. The van der Waals surface area contributed by atoms with Crippen molar-refractivity contribution in [2.24, 2.45) is 16.8 Å². The normalized spacial score (nSPS) is 18.3. The summed E-state index contributed by atoms with van der Waals surface area (Å²) in [5.74, 6) is 6.89. The van der Waals surface area contributed by atoms with E-state index in [2.05, 4.69) is 22.7 Å². The number of hydrogen-bond donors (Lipinski definition) is 3. The molecule has 5 nitrogen and oxygen atoms in total. The first kappa shape index (κ1) is 13.3. The standard InChI is InChI=1S/C11H24N4O/c1-3-16-8-4-7-13-11(15-12)14-9(2)10-5-6-10/h9-10H,3-8,12H2,1-2H3,(H2,13,14,15). The van der Waals surface area contributed by atoms with Crippen LogP contribution >= 0.6 is 0 Å². The van der Waals surface area contributed by atoms with Gasteiger partial charge in [-0.25, -0.2) is 5.84 Å². The van der Waals surface area contributed by atoms with Crippen LogP contribution in [-0.4, -0.2) is 31.8 Å². The molecular weight excluding hydrogens is 204 g/mol. The monoisotopic (exact) mass is 228 g/mol. The Morgan fingerprint density at radius 1 is 1.56 bits per heavy atom. The van der Waals surface area contributed by atoms with Crippen molar-refractivity contribution in [3.63, 3.8) is 0 Å². The number of hydrazine groups is 1. The number of nitrogens with two attached hydrogens (primary N) is 1. The van der Waals surface area contributed by atoms with Crippen molar-refractivity contribution in [1.82, 2.24) is 10.7 Å². The van der Waals surface area contributed by atoms with E-state index in [0.29, 0.717) is 12.0 Å². The van der Waals surface area contributed by atoms with Crippen molar-refractivity contribution >= 4 is 5.96 Å². The Kier molecular flexibility index (Phi) is 6.18. The van der Waals surface area contributed by atoms with E-state index < -0.39 is 0 Å². The fraction of sp³-hybridized carbons (Fsp3) is 0.909. The van der Waals surface area contributed by atoms with Gasteiger partial charge in [0.15, 0.2) is 0 Å². The van der Waals surface area contributed by atoms with Crippen LogP contribution in [0.3, 0.4) is 0 Å². The van der Waals surface area contributed by atoms with Crippen LogP contribution in [0.25, 0.3) is 0 Å². The van der Waals surface area contributed by atoms with Crippen LogP contribution in [0.15, 0.2) is 4.99 Å². The van der Waals surface area contributed by atoms with E-state index in [0.717, 1.165) is 32.1 Å². The van der Waals surface area contributed by atoms with Gasteiger partial charge in [0.2, 0.25) is 5.96 Å². The molecule has 1 atom stereocenters. The van der Waals surface area contributed by atoms with Gasteiger partial charge in [0, 0.05) is 25.8 Å². The maximum absolute atomic E-state index is 5.41. The average Bonchev–Trinajstić information content (AvgIpc) is 3.10. The lowest BCUT2D eigenvalue weighted by Gasteiger charge is -2.15. The molecule has 1 saturated carbocycles. The van der Waals surface area contributed by atoms with Crippen LogP contribution in [0.5, 0.6) is 0 Å². The van der Waals surface area contributed by atoms with Gasteiger partial charge in [-0.3, -0.25) is 10.4 Å². The first-order chi connectivity index (χ1) is 7.77. The van der Waals surface area contributed by atoms with Gasteiger partial charge in [-0.1, -0.05) is 0 Å². The first-order valence-electron chi connectivity index (χ1n) is 6.13. The van der Waals surface area contributed by atoms with Gasteiger partial charge in [-0.05, 0) is 39.0 Å². The highest BCUT2D eigenvalue weighted by Gasteiger charge is 2.28. The molecule has 5 heteroatoms. The molecule has 0 bridgehead atoms. The van der Waals surface area contributed by atoms with Crippen molar-refractivity contribution in [3.05, 3.63) is 0 Å². The Balaban J connectivity index is 2.15. The van der Waals surface area contributed by atoms with Gasteiger partial charge in [0.1, 0.15) is 0 Å². The predicted octanol–water partition coefficient (Wildman–Crippen LogP) is 0.620. The molecule has 1 aliphatic rings. The molecule has 1 aliphatic carbocycles.